The molecule has 0 fully saturated rings. The van der Waals surface area contributed by atoms with E-state index in [1.807, 2.05) is 73.8 Å². The quantitative estimate of drug-likeness (QED) is 0.462. The molecular formula is C24H23N7OS. The monoisotopic (exact) mass is 457 g/mol. The molecule has 0 radical (unpaired) electrons. The van der Waals surface area contributed by atoms with E-state index in [-0.39, 0.29) is 11.9 Å². The Labute approximate surface area is 195 Å². The van der Waals surface area contributed by atoms with Crippen molar-refractivity contribution in [3.8, 4) is 11.4 Å². The molecule has 1 aromatic carbocycles. The van der Waals surface area contributed by atoms with Crippen LogP contribution in [0.3, 0.4) is 0 Å². The van der Waals surface area contributed by atoms with Gasteiger partial charge in [-0.15, -0.1) is 16.4 Å². The van der Waals surface area contributed by atoms with Gasteiger partial charge >= 0.3 is 0 Å². The third-order valence-electron chi connectivity index (χ3n) is 5.47. The smallest absolute Gasteiger partial charge is 0.255 e. The fourth-order valence-corrected chi connectivity index (χ4v) is 4.64. The lowest BCUT2D eigenvalue weighted by molar-refractivity contribution is -0.113. The largest absolute Gasteiger partial charge is 0.378 e. The lowest BCUT2D eigenvalue weighted by Crippen LogP contribution is -2.31. The zero-order chi connectivity index (χ0) is 22.9. The number of carbonyl (C=O) groups is 1. The second-order valence-electron chi connectivity index (χ2n) is 7.92. The van der Waals surface area contributed by atoms with Crippen LogP contribution in [0.2, 0.25) is 0 Å². The van der Waals surface area contributed by atoms with Crippen molar-refractivity contribution in [3.63, 3.8) is 0 Å². The van der Waals surface area contributed by atoms with Crippen molar-refractivity contribution < 1.29 is 4.79 Å². The number of allylic oxidation sites excluding steroid dienone is 1. The average Bonchev–Trinajstić information content (AvgIpc) is 3.49. The van der Waals surface area contributed by atoms with E-state index in [1.54, 1.807) is 34.5 Å². The molecule has 2 N–H and O–H groups in total. The first kappa shape index (κ1) is 20.9. The van der Waals surface area contributed by atoms with Crippen LogP contribution in [-0.2, 0) is 4.79 Å². The summed E-state index contributed by atoms with van der Waals surface area (Å²) in [5.41, 5.74) is 3.98. The molecule has 3 aromatic heterocycles. The van der Waals surface area contributed by atoms with Gasteiger partial charge in [0, 0.05) is 42.1 Å². The first-order valence-corrected chi connectivity index (χ1v) is 11.4. The van der Waals surface area contributed by atoms with Crippen LogP contribution in [0.4, 0.5) is 17.3 Å². The van der Waals surface area contributed by atoms with Crippen molar-refractivity contribution in [2.75, 3.05) is 29.6 Å². The van der Waals surface area contributed by atoms with E-state index in [9.17, 15) is 4.79 Å². The van der Waals surface area contributed by atoms with E-state index in [2.05, 4.69) is 15.6 Å². The third kappa shape index (κ3) is 3.98. The average molecular weight is 458 g/mol. The number of hydrogen-bond donors (Lipinski definition) is 2. The number of nitrogens with zero attached hydrogens (tertiary/aromatic N) is 5. The van der Waals surface area contributed by atoms with Gasteiger partial charge in [0.15, 0.2) is 5.82 Å². The number of fused-ring (bicyclic) bond motifs is 1. The number of carbonyl (C=O) groups excluding carboxylic acids is 1. The minimum atomic E-state index is -0.389. The van der Waals surface area contributed by atoms with Crippen LogP contribution in [0.15, 0.2) is 77.6 Å². The number of pyridine rings is 1. The highest BCUT2D eigenvalue weighted by Gasteiger charge is 2.35. The van der Waals surface area contributed by atoms with E-state index in [0.29, 0.717) is 23.0 Å². The maximum absolute atomic E-state index is 13.4. The number of amides is 1. The van der Waals surface area contributed by atoms with Gasteiger partial charge < -0.3 is 15.5 Å². The van der Waals surface area contributed by atoms with Gasteiger partial charge in [-0.2, -0.15) is 4.98 Å². The summed E-state index contributed by atoms with van der Waals surface area (Å²) in [6.45, 7) is 1.89. The van der Waals surface area contributed by atoms with Gasteiger partial charge in [0.1, 0.15) is 6.04 Å². The third-order valence-corrected chi connectivity index (χ3v) is 6.40. The molecule has 1 atom stereocenters. The molecule has 8 nitrogen and oxygen atoms in total. The summed E-state index contributed by atoms with van der Waals surface area (Å²) in [6, 6.07) is 15.3. The highest BCUT2D eigenvalue weighted by Crippen LogP contribution is 2.38. The second-order valence-corrected chi connectivity index (χ2v) is 8.90. The molecule has 0 aliphatic carbocycles. The standard InChI is InChI=1S/C24H23N7OS/c1-15-20(23(32)27-17-6-4-12-25-14-17)21(19-7-5-13-33-19)31-24(26-15)28-22(29-31)16-8-10-18(11-9-16)30(2)3/h4-14,21H,1-3H3,(H,27,32)(H,26,28,29). The Morgan fingerprint density at radius 1 is 1.15 bits per heavy atom. The van der Waals surface area contributed by atoms with Crippen LogP contribution < -0.4 is 15.5 Å². The predicted octanol–water partition coefficient (Wildman–Crippen LogP) is 4.40. The summed E-state index contributed by atoms with van der Waals surface area (Å²) >= 11 is 1.58. The first-order chi connectivity index (χ1) is 16.0. The zero-order valence-corrected chi connectivity index (χ0v) is 19.3. The van der Waals surface area contributed by atoms with Gasteiger partial charge in [0.05, 0.1) is 17.5 Å². The summed E-state index contributed by atoms with van der Waals surface area (Å²) in [5, 5.41) is 13.1. The zero-order valence-electron chi connectivity index (χ0n) is 18.5. The van der Waals surface area contributed by atoms with Gasteiger partial charge in [-0.05, 0) is 54.8 Å². The molecule has 0 saturated heterocycles. The number of nitrogens with one attached hydrogen (secondary N) is 2. The maximum atomic E-state index is 13.4. The summed E-state index contributed by atoms with van der Waals surface area (Å²) in [5.74, 6) is 1.01. The van der Waals surface area contributed by atoms with Gasteiger partial charge in [-0.3, -0.25) is 9.78 Å². The fourth-order valence-electron chi connectivity index (χ4n) is 3.82. The Bertz CT molecular complexity index is 1310. The van der Waals surface area contributed by atoms with E-state index in [4.69, 9.17) is 10.1 Å². The van der Waals surface area contributed by atoms with Crippen LogP contribution in [0.1, 0.15) is 17.8 Å². The van der Waals surface area contributed by atoms with Crippen molar-refractivity contribution in [2.45, 2.75) is 13.0 Å². The number of anilines is 3. The van der Waals surface area contributed by atoms with Crippen molar-refractivity contribution in [1.29, 1.82) is 0 Å². The summed E-state index contributed by atoms with van der Waals surface area (Å²) in [6.07, 6.45) is 3.30. The molecule has 33 heavy (non-hydrogen) atoms. The highest BCUT2D eigenvalue weighted by atomic mass is 32.1. The SMILES string of the molecule is CC1=C(C(=O)Nc2cccnc2)C(c2cccs2)n2nc(-c3ccc(N(C)C)cc3)nc2N1. The maximum Gasteiger partial charge on any atom is 0.255 e. The number of benzene rings is 1. The Hall–Kier alpha value is -3.98. The van der Waals surface area contributed by atoms with Crippen molar-refractivity contribution in [1.82, 2.24) is 19.7 Å². The predicted molar refractivity (Wildman–Crippen MR) is 131 cm³/mol. The molecular weight excluding hydrogens is 434 g/mol. The molecule has 4 aromatic rings. The topological polar surface area (TPSA) is 88.0 Å². The molecule has 0 spiro atoms. The summed E-state index contributed by atoms with van der Waals surface area (Å²) in [4.78, 5) is 25.3. The van der Waals surface area contributed by atoms with E-state index >= 15 is 0 Å². The second kappa shape index (κ2) is 8.51. The lowest BCUT2D eigenvalue weighted by atomic mass is 10.0. The summed E-state index contributed by atoms with van der Waals surface area (Å²) in [7, 11) is 4.01. The van der Waals surface area contributed by atoms with Crippen LogP contribution in [0.25, 0.3) is 11.4 Å². The molecule has 1 aliphatic heterocycles. The Morgan fingerprint density at radius 2 is 1.97 bits per heavy atom. The van der Waals surface area contributed by atoms with Crippen LogP contribution >= 0.6 is 11.3 Å². The van der Waals surface area contributed by atoms with Crippen LogP contribution in [-0.4, -0.2) is 39.8 Å². The normalized spacial score (nSPS) is 15.1. The van der Waals surface area contributed by atoms with Crippen molar-refractivity contribution in [2.24, 2.45) is 0 Å². The van der Waals surface area contributed by atoms with Gasteiger partial charge in [-0.1, -0.05) is 6.07 Å². The Balaban J connectivity index is 1.54. The minimum Gasteiger partial charge on any atom is -0.378 e. The highest BCUT2D eigenvalue weighted by molar-refractivity contribution is 7.10. The molecule has 4 heterocycles. The molecule has 1 aliphatic rings. The Kier molecular flexibility index (Phi) is 5.39. The van der Waals surface area contributed by atoms with Gasteiger partial charge in [-0.25, -0.2) is 4.68 Å². The van der Waals surface area contributed by atoms with Crippen LogP contribution in [0.5, 0.6) is 0 Å². The van der Waals surface area contributed by atoms with Gasteiger partial charge in [0.2, 0.25) is 5.95 Å². The number of aromatic nitrogens is 4. The van der Waals surface area contributed by atoms with E-state index < -0.39 is 0 Å². The summed E-state index contributed by atoms with van der Waals surface area (Å²) < 4.78 is 1.80. The molecule has 1 unspecified atom stereocenters. The van der Waals surface area contributed by atoms with Crippen molar-refractivity contribution in [3.05, 3.63) is 82.5 Å². The number of thiophene rings is 1. The molecule has 166 valence electrons. The molecule has 5 rings (SSSR count). The van der Waals surface area contributed by atoms with Gasteiger partial charge in [0.25, 0.3) is 5.91 Å². The lowest BCUT2D eigenvalue weighted by Gasteiger charge is -2.27. The van der Waals surface area contributed by atoms with Crippen LogP contribution in [0, 0.1) is 0 Å². The van der Waals surface area contributed by atoms with E-state index in [1.165, 1.54) is 0 Å². The molecule has 0 saturated carbocycles. The number of rotatable bonds is 5. The molecule has 0 bridgehead atoms. The number of hydrogen-bond acceptors (Lipinski definition) is 7. The molecule has 9 heteroatoms. The first-order valence-electron chi connectivity index (χ1n) is 10.5. The minimum absolute atomic E-state index is 0.204. The fraction of sp³-hybridized carbons (Fsp3) is 0.167. The Morgan fingerprint density at radius 3 is 2.64 bits per heavy atom. The molecule has 1 amide bonds. The van der Waals surface area contributed by atoms with E-state index in [0.717, 1.165) is 21.8 Å². The van der Waals surface area contributed by atoms with Crippen molar-refractivity contribution >= 4 is 34.6 Å².